The quantitative estimate of drug-likeness (QED) is 0.410. The molecule has 4 rings (SSSR count). The van der Waals surface area contributed by atoms with Crippen molar-refractivity contribution >= 4 is 61.6 Å². The van der Waals surface area contributed by atoms with E-state index in [1.807, 2.05) is 48.8 Å². The predicted octanol–water partition coefficient (Wildman–Crippen LogP) is 4.65. The molecule has 6 nitrogen and oxygen atoms in total. The number of carbonyl (C=O) groups excluding carboxylic acids is 1. The van der Waals surface area contributed by atoms with Gasteiger partial charge in [-0.05, 0) is 58.3 Å². The minimum absolute atomic E-state index is 0.255. The van der Waals surface area contributed by atoms with Crippen molar-refractivity contribution in [1.82, 2.24) is 15.0 Å². The third-order valence-electron chi connectivity index (χ3n) is 3.90. The molecule has 0 aliphatic rings. The Kier molecular flexibility index (Phi) is 4.99. The molecule has 0 fully saturated rings. The minimum Gasteiger partial charge on any atom is -0.372 e. The second-order valence-corrected chi connectivity index (χ2v) is 7.82. The number of thiophene rings is 1. The smallest absolute Gasteiger partial charge is 0.274 e. The Labute approximate surface area is 173 Å². The molecule has 0 unspecified atom stereocenters. The Bertz CT molecular complexity index is 1130. The summed E-state index contributed by atoms with van der Waals surface area (Å²) in [6.07, 6.45) is 1.66. The molecule has 3 heterocycles. The van der Waals surface area contributed by atoms with Gasteiger partial charge in [0.1, 0.15) is 16.3 Å². The molecule has 1 amide bonds. The Morgan fingerprint density at radius 3 is 2.81 bits per heavy atom. The fourth-order valence-corrected chi connectivity index (χ4v) is 3.70. The van der Waals surface area contributed by atoms with Gasteiger partial charge in [-0.25, -0.2) is 15.0 Å². The SMILES string of the molecule is CNc1nc(-c2cccc(NC(=O)c3ccc(I)cn3)c2)nc2sccc12. The van der Waals surface area contributed by atoms with E-state index in [0.29, 0.717) is 17.2 Å². The Hall–Kier alpha value is -2.59. The molecule has 0 radical (unpaired) electrons. The summed E-state index contributed by atoms with van der Waals surface area (Å²) in [5.41, 5.74) is 1.86. The average Bonchev–Trinajstić information content (AvgIpc) is 3.16. The van der Waals surface area contributed by atoms with Crippen LogP contribution in [-0.4, -0.2) is 27.9 Å². The number of nitrogens with zero attached hydrogens (tertiary/aromatic N) is 3. The number of pyridine rings is 1. The van der Waals surface area contributed by atoms with Gasteiger partial charge in [-0.15, -0.1) is 11.3 Å². The van der Waals surface area contributed by atoms with E-state index < -0.39 is 0 Å². The van der Waals surface area contributed by atoms with E-state index in [0.717, 1.165) is 25.2 Å². The van der Waals surface area contributed by atoms with Gasteiger partial charge in [0.05, 0.1) is 5.39 Å². The summed E-state index contributed by atoms with van der Waals surface area (Å²) >= 11 is 3.72. The zero-order chi connectivity index (χ0) is 18.8. The normalized spacial score (nSPS) is 10.7. The maximum Gasteiger partial charge on any atom is 0.274 e. The van der Waals surface area contributed by atoms with Crippen LogP contribution in [0.2, 0.25) is 0 Å². The molecule has 1 aromatic carbocycles. The number of aromatic nitrogens is 3. The molecule has 4 aromatic rings. The van der Waals surface area contributed by atoms with Gasteiger partial charge in [0.15, 0.2) is 5.82 Å². The van der Waals surface area contributed by atoms with E-state index in [4.69, 9.17) is 0 Å². The molecule has 0 spiro atoms. The van der Waals surface area contributed by atoms with Gasteiger partial charge in [0.2, 0.25) is 0 Å². The number of hydrogen-bond acceptors (Lipinski definition) is 6. The molecule has 0 aliphatic heterocycles. The summed E-state index contributed by atoms with van der Waals surface area (Å²) < 4.78 is 0.979. The molecular formula is C19H14IN5OS. The van der Waals surface area contributed by atoms with Crippen molar-refractivity contribution in [2.24, 2.45) is 0 Å². The molecule has 0 saturated heterocycles. The number of nitrogens with one attached hydrogen (secondary N) is 2. The summed E-state index contributed by atoms with van der Waals surface area (Å²) in [6.45, 7) is 0. The molecule has 134 valence electrons. The first-order chi connectivity index (χ1) is 13.1. The van der Waals surface area contributed by atoms with Gasteiger partial charge < -0.3 is 10.6 Å². The summed E-state index contributed by atoms with van der Waals surface area (Å²) in [5.74, 6) is 1.14. The standard InChI is InChI=1S/C19H14IN5OS/c1-21-17-14-7-8-27-19(14)25-16(24-17)11-3-2-4-13(9-11)23-18(26)15-6-5-12(20)10-22-15/h2-10H,1H3,(H,23,26)(H,21,24,25). The zero-order valence-corrected chi connectivity index (χ0v) is 17.2. The summed E-state index contributed by atoms with van der Waals surface area (Å²) in [6, 6.07) is 13.0. The maximum atomic E-state index is 12.4. The van der Waals surface area contributed by atoms with Crippen molar-refractivity contribution in [3.8, 4) is 11.4 Å². The van der Waals surface area contributed by atoms with Gasteiger partial charge in [-0.3, -0.25) is 4.79 Å². The minimum atomic E-state index is -0.255. The molecule has 0 aliphatic carbocycles. The molecule has 2 N–H and O–H groups in total. The molecule has 27 heavy (non-hydrogen) atoms. The topological polar surface area (TPSA) is 79.8 Å². The van der Waals surface area contributed by atoms with Crippen molar-refractivity contribution in [3.63, 3.8) is 0 Å². The molecule has 0 atom stereocenters. The summed E-state index contributed by atoms with van der Waals surface area (Å²) in [7, 11) is 1.84. The van der Waals surface area contributed by atoms with Crippen LogP contribution in [0.1, 0.15) is 10.5 Å². The molecule has 0 bridgehead atoms. The fourth-order valence-electron chi connectivity index (χ4n) is 2.62. The van der Waals surface area contributed by atoms with Crippen LogP contribution >= 0.6 is 33.9 Å². The lowest BCUT2D eigenvalue weighted by molar-refractivity contribution is 0.102. The highest BCUT2D eigenvalue weighted by Gasteiger charge is 2.12. The second-order valence-electron chi connectivity index (χ2n) is 5.68. The third kappa shape index (κ3) is 3.76. The third-order valence-corrected chi connectivity index (χ3v) is 5.35. The van der Waals surface area contributed by atoms with Gasteiger partial charge >= 0.3 is 0 Å². The first-order valence-corrected chi connectivity index (χ1v) is 10.1. The number of anilines is 2. The first kappa shape index (κ1) is 17.8. The van der Waals surface area contributed by atoms with Crippen LogP contribution in [0.4, 0.5) is 11.5 Å². The molecule has 0 saturated carbocycles. The van der Waals surface area contributed by atoms with Gasteiger partial charge in [0.25, 0.3) is 5.91 Å². The number of rotatable bonds is 4. The van der Waals surface area contributed by atoms with Crippen LogP contribution in [0.3, 0.4) is 0 Å². The van der Waals surface area contributed by atoms with Crippen molar-refractivity contribution in [2.45, 2.75) is 0 Å². The Morgan fingerprint density at radius 2 is 2.04 bits per heavy atom. The van der Waals surface area contributed by atoms with Crippen molar-refractivity contribution in [2.75, 3.05) is 17.7 Å². The van der Waals surface area contributed by atoms with Crippen molar-refractivity contribution < 1.29 is 4.79 Å². The van der Waals surface area contributed by atoms with Crippen LogP contribution in [0.5, 0.6) is 0 Å². The van der Waals surface area contributed by atoms with Crippen molar-refractivity contribution in [3.05, 3.63) is 63.3 Å². The van der Waals surface area contributed by atoms with Crippen LogP contribution in [-0.2, 0) is 0 Å². The number of halogens is 1. The molecule has 3 aromatic heterocycles. The lowest BCUT2D eigenvalue weighted by Crippen LogP contribution is -2.13. The van der Waals surface area contributed by atoms with E-state index in [1.54, 1.807) is 23.6 Å². The second kappa shape index (κ2) is 7.57. The van der Waals surface area contributed by atoms with E-state index in [9.17, 15) is 4.79 Å². The van der Waals surface area contributed by atoms with Crippen molar-refractivity contribution in [1.29, 1.82) is 0 Å². The fraction of sp³-hybridized carbons (Fsp3) is 0.0526. The molecule has 8 heteroatoms. The molecular weight excluding hydrogens is 473 g/mol. The maximum absolute atomic E-state index is 12.4. The lowest BCUT2D eigenvalue weighted by atomic mass is 10.1. The highest BCUT2D eigenvalue weighted by molar-refractivity contribution is 14.1. The van der Waals surface area contributed by atoms with Gasteiger partial charge in [0, 0.05) is 28.1 Å². The van der Waals surface area contributed by atoms with Crippen LogP contribution < -0.4 is 10.6 Å². The monoisotopic (exact) mass is 487 g/mol. The van der Waals surface area contributed by atoms with Crippen LogP contribution in [0, 0.1) is 3.57 Å². The van der Waals surface area contributed by atoms with Crippen LogP contribution in [0.15, 0.2) is 54.0 Å². The average molecular weight is 487 g/mol. The van der Waals surface area contributed by atoms with Gasteiger partial charge in [-0.2, -0.15) is 0 Å². The zero-order valence-electron chi connectivity index (χ0n) is 14.2. The number of hydrogen-bond donors (Lipinski definition) is 2. The van der Waals surface area contributed by atoms with Crippen LogP contribution in [0.25, 0.3) is 21.6 Å². The highest BCUT2D eigenvalue weighted by Crippen LogP contribution is 2.29. The Morgan fingerprint density at radius 1 is 1.15 bits per heavy atom. The number of carbonyl (C=O) groups is 1. The number of amides is 1. The Balaban J connectivity index is 1.64. The first-order valence-electron chi connectivity index (χ1n) is 8.10. The summed E-state index contributed by atoms with van der Waals surface area (Å²) in [4.78, 5) is 26.7. The highest BCUT2D eigenvalue weighted by atomic mass is 127. The summed E-state index contributed by atoms with van der Waals surface area (Å²) in [5, 5.41) is 8.99. The lowest BCUT2D eigenvalue weighted by Gasteiger charge is -2.08. The van der Waals surface area contributed by atoms with Gasteiger partial charge in [-0.1, -0.05) is 12.1 Å². The van der Waals surface area contributed by atoms with E-state index >= 15 is 0 Å². The number of benzene rings is 1. The largest absolute Gasteiger partial charge is 0.372 e. The van der Waals surface area contributed by atoms with E-state index in [-0.39, 0.29) is 5.91 Å². The number of fused-ring (bicyclic) bond motifs is 1. The predicted molar refractivity (Wildman–Crippen MR) is 117 cm³/mol. The van der Waals surface area contributed by atoms with E-state index in [2.05, 4.69) is 48.2 Å². The van der Waals surface area contributed by atoms with E-state index in [1.165, 1.54) is 0 Å².